The van der Waals surface area contributed by atoms with Crippen LogP contribution in [0.15, 0.2) is 48.5 Å². The number of urea groups is 1. The lowest BCUT2D eigenvalue weighted by Gasteiger charge is -2.30. The van der Waals surface area contributed by atoms with Crippen LogP contribution in [0.3, 0.4) is 0 Å². The Hall–Kier alpha value is -3.06. The molecule has 7 nitrogen and oxygen atoms in total. The molecule has 0 bridgehead atoms. The zero-order valence-corrected chi connectivity index (χ0v) is 18.7. The highest BCUT2D eigenvalue weighted by Crippen LogP contribution is 2.29. The lowest BCUT2D eigenvalue weighted by molar-refractivity contribution is -0.114. The maximum Gasteiger partial charge on any atom is 0.322 e. The second kappa shape index (κ2) is 10.3. The number of likely N-dealkylation sites (N-methyl/N-ethyl adjacent to an activating group) is 1. The van der Waals surface area contributed by atoms with Gasteiger partial charge in [-0.05, 0) is 38.0 Å². The summed E-state index contributed by atoms with van der Waals surface area (Å²) in [5.41, 5.74) is 2.49. The van der Waals surface area contributed by atoms with Gasteiger partial charge in [0, 0.05) is 50.4 Å². The first-order valence-corrected chi connectivity index (χ1v) is 10.7. The number of anilines is 2. The van der Waals surface area contributed by atoms with E-state index in [-0.39, 0.29) is 18.0 Å². The van der Waals surface area contributed by atoms with Gasteiger partial charge in [-0.1, -0.05) is 30.3 Å². The van der Waals surface area contributed by atoms with Gasteiger partial charge in [-0.25, -0.2) is 4.79 Å². The Bertz CT molecular complexity index is 903. The fourth-order valence-corrected chi connectivity index (χ4v) is 4.14. The van der Waals surface area contributed by atoms with Crippen LogP contribution in [0.5, 0.6) is 5.75 Å². The van der Waals surface area contributed by atoms with E-state index in [1.165, 1.54) is 19.6 Å². The SMILES string of the molecule is CCN(C(=O)Nc1ccc(NC(C)=O)c(OC)c1)[C@@H]1CCN([C@@H](C)c2ccccc2)C1. The average Bonchev–Trinajstić information content (AvgIpc) is 3.24. The van der Waals surface area contributed by atoms with Gasteiger partial charge in [-0.3, -0.25) is 9.69 Å². The van der Waals surface area contributed by atoms with E-state index in [0.717, 1.165) is 19.5 Å². The van der Waals surface area contributed by atoms with Crippen molar-refractivity contribution in [1.82, 2.24) is 9.80 Å². The van der Waals surface area contributed by atoms with E-state index < -0.39 is 0 Å². The van der Waals surface area contributed by atoms with Crippen LogP contribution in [0.2, 0.25) is 0 Å². The minimum absolute atomic E-state index is 0.129. The maximum absolute atomic E-state index is 13.0. The number of nitrogens with one attached hydrogen (secondary N) is 2. The molecular formula is C24H32N4O3. The summed E-state index contributed by atoms with van der Waals surface area (Å²) >= 11 is 0. The second-order valence-electron chi connectivity index (χ2n) is 7.84. The number of carbonyl (C=O) groups excluding carboxylic acids is 2. The number of hydrogen-bond acceptors (Lipinski definition) is 4. The first kappa shape index (κ1) is 22.6. The molecule has 2 N–H and O–H groups in total. The van der Waals surface area contributed by atoms with Crippen molar-refractivity contribution in [3.05, 3.63) is 54.1 Å². The van der Waals surface area contributed by atoms with Crippen molar-refractivity contribution >= 4 is 23.3 Å². The van der Waals surface area contributed by atoms with Crippen molar-refractivity contribution in [3.63, 3.8) is 0 Å². The molecule has 166 valence electrons. The number of rotatable bonds is 7. The fourth-order valence-electron chi connectivity index (χ4n) is 4.14. The van der Waals surface area contributed by atoms with E-state index >= 15 is 0 Å². The Morgan fingerprint density at radius 3 is 2.58 bits per heavy atom. The molecule has 3 rings (SSSR count). The zero-order chi connectivity index (χ0) is 22.4. The summed E-state index contributed by atoms with van der Waals surface area (Å²) in [5, 5.41) is 5.70. The molecule has 0 aromatic heterocycles. The Balaban J connectivity index is 1.65. The van der Waals surface area contributed by atoms with Gasteiger partial charge in [0.1, 0.15) is 5.75 Å². The molecule has 1 fully saturated rings. The third-order valence-electron chi connectivity index (χ3n) is 5.83. The molecule has 0 spiro atoms. The summed E-state index contributed by atoms with van der Waals surface area (Å²) in [6.45, 7) is 8.11. The van der Waals surface area contributed by atoms with E-state index in [0.29, 0.717) is 29.7 Å². The third-order valence-corrected chi connectivity index (χ3v) is 5.83. The van der Waals surface area contributed by atoms with Crippen LogP contribution in [-0.4, -0.2) is 54.5 Å². The van der Waals surface area contributed by atoms with Crippen LogP contribution in [-0.2, 0) is 4.79 Å². The largest absolute Gasteiger partial charge is 0.494 e. The molecule has 0 radical (unpaired) electrons. The van der Waals surface area contributed by atoms with Crippen LogP contribution >= 0.6 is 0 Å². The van der Waals surface area contributed by atoms with Gasteiger partial charge >= 0.3 is 6.03 Å². The maximum atomic E-state index is 13.0. The normalized spacial score (nSPS) is 17.1. The summed E-state index contributed by atoms with van der Waals surface area (Å²) in [5.74, 6) is 0.322. The van der Waals surface area contributed by atoms with Crippen LogP contribution in [0.4, 0.5) is 16.2 Å². The van der Waals surface area contributed by atoms with Gasteiger partial charge < -0.3 is 20.3 Å². The highest BCUT2D eigenvalue weighted by atomic mass is 16.5. The number of benzene rings is 2. The average molecular weight is 425 g/mol. The molecule has 1 aliphatic rings. The van der Waals surface area contributed by atoms with Crippen LogP contribution in [0.1, 0.15) is 38.8 Å². The minimum Gasteiger partial charge on any atom is -0.494 e. The van der Waals surface area contributed by atoms with Crippen LogP contribution in [0.25, 0.3) is 0 Å². The number of nitrogens with zero attached hydrogens (tertiary/aromatic N) is 2. The molecule has 1 saturated heterocycles. The number of amides is 3. The zero-order valence-electron chi connectivity index (χ0n) is 18.7. The number of likely N-dealkylation sites (tertiary alicyclic amines) is 1. The van der Waals surface area contributed by atoms with Gasteiger partial charge in [0.15, 0.2) is 0 Å². The molecule has 3 amide bonds. The molecule has 2 atom stereocenters. The lowest BCUT2D eigenvalue weighted by atomic mass is 10.1. The summed E-state index contributed by atoms with van der Waals surface area (Å²) in [4.78, 5) is 28.7. The molecule has 31 heavy (non-hydrogen) atoms. The summed E-state index contributed by atoms with van der Waals surface area (Å²) in [6, 6.07) is 16.0. The van der Waals surface area contributed by atoms with Crippen molar-refractivity contribution in [3.8, 4) is 5.75 Å². The smallest absolute Gasteiger partial charge is 0.322 e. The highest BCUT2D eigenvalue weighted by molar-refractivity contribution is 5.93. The van der Waals surface area contributed by atoms with E-state index in [4.69, 9.17) is 4.74 Å². The van der Waals surface area contributed by atoms with Crippen molar-refractivity contribution in [1.29, 1.82) is 0 Å². The quantitative estimate of drug-likeness (QED) is 0.693. The van der Waals surface area contributed by atoms with Gasteiger partial charge in [0.2, 0.25) is 5.91 Å². The molecule has 0 saturated carbocycles. The first-order chi connectivity index (χ1) is 14.9. The van der Waals surface area contributed by atoms with Gasteiger partial charge in [0.25, 0.3) is 0 Å². The Kier molecular flexibility index (Phi) is 7.52. The van der Waals surface area contributed by atoms with Crippen molar-refractivity contribution < 1.29 is 14.3 Å². The topological polar surface area (TPSA) is 73.9 Å². The first-order valence-electron chi connectivity index (χ1n) is 10.7. The van der Waals surface area contributed by atoms with E-state index in [1.807, 2.05) is 17.9 Å². The number of carbonyl (C=O) groups is 2. The van der Waals surface area contributed by atoms with Crippen molar-refractivity contribution in [2.45, 2.75) is 39.3 Å². The highest BCUT2D eigenvalue weighted by Gasteiger charge is 2.32. The monoisotopic (exact) mass is 424 g/mol. The minimum atomic E-state index is -0.178. The van der Waals surface area contributed by atoms with Crippen LogP contribution < -0.4 is 15.4 Å². The van der Waals surface area contributed by atoms with Gasteiger partial charge in [-0.15, -0.1) is 0 Å². The summed E-state index contributed by atoms with van der Waals surface area (Å²) in [6.07, 6.45) is 0.948. The molecule has 7 heteroatoms. The standard InChI is InChI=1S/C24H32N4O3/c1-5-28(21-13-14-27(16-21)17(2)19-9-7-6-8-10-19)24(30)26-20-11-12-22(25-18(3)29)23(15-20)31-4/h6-12,15,17,21H,5,13-14,16H2,1-4H3,(H,25,29)(H,26,30)/t17-,21+/m0/s1. The predicted octanol–water partition coefficient (Wildman–Crippen LogP) is 4.34. The molecule has 1 heterocycles. The van der Waals surface area contributed by atoms with Gasteiger partial charge in [0.05, 0.1) is 12.8 Å². The fraction of sp³-hybridized carbons (Fsp3) is 0.417. The lowest BCUT2D eigenvalue weighted by Crippen LogP contribution is -2.44. The molecular weight excluding hydrogens is 392 g/mol. The van der Waals surface area contributed by atoms with Crippen LogP contribution in [0, 0.1) is 0 Å². The van der Waals surface area contributed by atoms with E-state index in [2.05, 4.69) is 46.7 Å². The van der Waals surface area contributed by atoms with E-state index in [9.17, 15) is 9.59 Å². The number of methoxy groups -OCH3 is 1. The molecule has 2 aromatic rings. The Morgan fingerprint density at radius 2 is 1.94 bits per heavy atom. The molecule has 1 aliphatic heterocycles. The van der Waals surface area contributed by atoms with Crippen molar-refractivity contribution in [2.24, 2.45) is 0 Å². The third kappa shape index (κ3) is 5.55. The molecule has 2 aromatic carbocycles. The second-order valence-corrected chi connectivity index (χ2v) is 7.84. The summed E-state index contributed by atoms with van der Waals surface area (Å²) in [7, 11) is 1.53. The Morgan fingerprint density at radius 1 is 1.19 bits per heavy atom. The summed E-state index contributed by atoms with van der Waals surface area (Å²) < 4.78 is 5.35. The predicted molar refractivity (Wildman–Crippen MR) is 124 cm³/mol. The number of hydrogen-bond donors (Lipinski definition) is 2. The molecule has 0 unspecified atom stereocenters. The number of ether oxygens (including phenoxy) is 1. The van der Waals surface area contributed by atoms with E-state index in [1.54, 1.807) is 18.2 Å². The molecule has 0 aliphatic carbocycles. The van der Waals surface area contributed by atoms with Gasteiger partial charge in [-0.2, -0.15) is 0 Å². The Labute approximate surface area is 184 Å². The van der Waals surface area contributed by atoms with Crippen molar-refractivity contribution in [2.75, 3.05) is 37.4 Å².